The third-order valence-electron chi connectivity index (χ3n) is 3.25. The van der Waals surface area contributed by atoms with E-state index in [2.05, 4.69) is 4.98 Å². The van der Waals surface area contributed by atoms with Crippen LogP contribution in [0.1, 0.15) is 25.8 Å². The summed E-state index contributed by atoms with van der Waals surface area (Å²) in [4.78, 5) is 20.8. The molecule has 2 rings (SSSR count). The molecule has 6 heteroatoms. The number of nitrogens with zero attached hydrogens (tertiary/aromatic N) is 2. The number of carbonyl (C=O) groups excluding carboxylic acids is 1. The van der Waals surface area contributed by atoms with Gasteiger partial charge >= 0.3 is 0 Å². The monoisotopic (exact) mass is 320 g/mol. The van der Waals surface area contributed by atoms with Gasteiger partial charge in [-0.3, -0.25) is 9.78 Å². The van der Waals surface area contributed by atoms with E-state index in [1.165, 1.54) is 12.0 Å². The average Bonchev–Trinajstić information content (AvgIpc) is 2.91. The third-order valence-corrected chi connectivity index (χ3v) is 4.24. The number of thiophene rings is 1. The Morgan fingerprint density at radius 3 is 2.77 bits per heavy atom. The molecule has 0 unspecified atom stereocenters. The molecule has 0 aliphatic carbocycles. The van der Waals surface area contributed by atoms with Gasteiger partial charge in [0.05, 0.1) is 32.0 Å². The van der Waals surface area contributed by atoms with Crippen molar-refractivity contribution in [3.63, 3.8) is 0 Å². The van der Waals surface area contributed by atoms with Gasteiger partial charge in [0.15, 0.2) is 0 Å². The van der Waals surface area contributed by atoms with Crippen molar-refractivity contribution in [2.45, 2.75) is 20.4 Å². The highest BCUT2D eigenvalue weighted by Crippen LogP contribution is 2.22. The molecule has 22 heavy (non-hydrogen) atoms. The normalized spacial score (nSPS) is 10.5. The zero-order chi connectivity index (χ0) is 16.1. The standard InChI is InChI=1S/C16H20N2O3S/c1-11-8-14(15(21-3)9-17-11)16(20)18(6-7-19)10-13-5-4-12(2)22-13/h4-5,8-9,19H,6-7,10H2,1-3H3. The van der Waals surface area contributed by atoms with E-state index in [4.69, 9.17) is 4.74 Å². The fourth-order valence-corrected chi connectivity index (χ4v) is 3.08. The highest BCUT2D eigenvalue weighted by molar-refractivity contribution is 7.11. The first-order valence-corrected chi connectivity index (χ1v) is 7.83. The van der Waals surface area contributed by atoms with Gasteiger partial charge in [-0.25, -0.2) is 0 Å². The minimum absolute atomic E-state index is 0.0809. The van der Waals surface area contributed by atoms with Crippen molar-refractivity contribution in [1.82, 2.24) is 9.88 Å². The van der Waals surface area contributed by atoms with Crippen molar-refractivity contribution < 1.29 is 14.6 Å². The second-order valence-electron chi connectivity index (χ2n) is 4.99. The molecule has 0 aromatic carbocycles. The third kappa shape index (κ3) is 3.84. The van der Waals surface area contributed by atoms with Gasteiger partial charge in [-0.2, -0.15) is 0 Å². The van der Waals surface area contributed by atoms with E-state index in [-0.39, 0.29) is 19.1 Å². The number of aryl methyl sites for hydroxylation is 2. The highest BCUT2D eigenvalue weighted by Gasteiger charge is 2.20. The first kappa shape index (κ1) is 16.5. The summed E-state index contributed by atoms with van der Waals surface area (Å²) in [7, 11) is 1.52. The smallest absolute Gasteiger partial charge is 0.258 e. The second-order valence-corrected chi connectivity index (χ2v) is 6.36. The fraction of sp³-hybridized carbons (Fsp3) is 0.375. The average molecular weight is 320 g/mol. The van der Waals surface area contributed by atoms with Crippen molar-refractivity contribution in [3.8, 4) is 5.75 Å². The lowest BCUT2D eigenvalue weighted by Crippen LogP contribution is -2.33. The summed E-state index contributed by atoms with van der Waals surface area (Å²) in [6.45, 7) is 4.53. The van der Waals surface area contributed by atoms with Crippen LogP contribution in [0.2, 0.25) is 0 Å². The summed E-state index contributed by atoms with van der Waals surface area (Å²) < 4.78 is 5.23. The number of ether oxygens (including phenoxy) is 1. The number of aliphatic hydroxyl groups is 1. The number of hydrogen-bond acceptors (Lipinski definition) is 5. The number of amides is 1. The van der Waals surface area contributed by atoms with Crippen molar-refractivity contribution in [2.24, 2.45) is 0 Å². The first-order valence-electron chi connectivity index (χ1n) is 7.01. The van der Waals surface area contributed by atoms with Crippen LogP contribution in [0.5, 0.6) is 5.75 Å². The Kier molecular flexibility index (Phi) is 5.51. The van der Waals surface area contributed by atoms with E-state index < -0.39 is 0 Å². The molecular weight excluding hydrogens is 300 g/mol. The van der Waals surface area contributed by atoms with E-state index in [1.807, 2.05) is 26.0 Å². The van der Waals surface area contributed by atoms with Gasteiger partial charge in [0, 0.05) is 22.0 Å². The Bertz CT molecular complexity index is 655. The summed E-state index contributed by atoms with van der Waals surface area (Å²) >= 11 is 1.65. The summed E-state index contributed by atoms with van der Waals surface area (Å²) in [6.07, 6.45) is 1.55. The number of carbonyl (C=O) groups is 1. The molecule has 0 spiro atoms. The molecule has 2 aromatic heterocycles. The second kappa shape index (κ2) is 7.38. The number of pyridine rings is 1. The molecule has 0 saturated heterocycles. The Morgan fingerprint density at radius 1 is 1.41 bits per heavy atom. The lowest BCUT2D eigenvalue weighted by atomic mass is 10.2. The molecule has 0 atom stereocenters. The first-order chi connectivity index (χ1) is 10.5. The molecule has 1 N–H and O–H groups in total. The van der Waals surface area contributed by atoms with Crippen LogP contribution < -0.4 is 4.74 Å². The van der Waals surface area contributed by atoms with E-state index in [9.17, 15) is 9.90 Å². The van der Waals surface area contributed by atoms with Crippen LogP contribution in [0.15, 0.2) is 24.4 Å². The van der Waals surface area contributed by atoms with E-state index in [0.29, 0.717) is 17.9 Å². The minimum Gasteiger partial charge on any atom is -0.494 e. The summed E-state index contributed by atoms with van der Waals surface area (Å²) in [5.74, 6) is 0.281. The molecule has 1 amide bonds. The van der Waals surface area contributed by atoms with E-state index in [0.717, 1.165) is 10.6 Å². The fourth-order valence-electron chi connectivity index (χ4n) is 2.18. The molecule has 0 radical (unpaired) electrons. The highest BCUT2D eigenvalue weighted by atomic mass is 32.1. The van der Waals surface area contributed by atoms with Crippen molar-refractivity contribution in [3.05, 3.63) is 45.4 Å². The maximum Gasteiger partial charge on any atom is 0.258 e. The van der Waals surface area contributed by atoms with Crippen LogP contribution in [-0.4, -0.2) is 41.2 Å². The van der Waals surface area contributed by atoms with Gasteiger partial charge in [0.25, 0.3) is 5.91 Å². The van der Waals surface area contributed by atoms with Crippen molar-refractivity contribution in [1.29, 1.82) is 0 Å². The lowest BCUT2D eigenvalue weighted by Gasteiger charge is -2.22. The maximum absolute atomic E-state index is 12.8. The Hall–Kier alpha value is -1.92. The molecule has 0 aliphatic rings. The lowest BCUT2D eigenvalue weighted by molar-refractivity contribution is 0.0706. The topological polar surface area (TPSA) is 62.7 Å². The SMILES string of the molecule is COc1cnc(C)cc1C(=O)N(CCO)Cc1ccc(C)s1. The molecule has 5 nitrogen and oxygen atoms in total. The number of hydrogen-bond donors (Lipinski definition) is 1. The molecule has 118 valence electrons. The summed E-state index contributed by atoms with van der Waals surface area (Å²) in [5, 5.41) is 9.26. The van der Waals surface area contributed by atoms with Crippen LogP contribution in [-0.2, 0) is 6.54 Å². The van der Waals surface area contributed by atoms with Crippen LogP contribution >= 0.6 is 11.3 Å². The van der Waals surface area contributed by atoms with E-state index >= 15 is 0 Å². The predicted molar refractivity (Wildman–Crippen MR) is 86.4 cm³/mol. The molecule has 0 aliphatic heterocycles. The zero-order valence-electron chi connectivity index (χ0n) is 13.0. The van der Waals surface area contributed by atoms with Gasteiger partial charge in [-0.05, 0) is 32.0 Å². The molecule has 0 fully saturated rings. The van der Waals surface area contributed by atoms with Gasteiger partial charge in [0.2, 0.25) is 0 Å². The molecule has 2 heterocycles. The molecule has 2 aromatic rings. The maximum atomic E-state index is 12.8. The minimum atomic E-state index is -0.164. The number of methoxy groups -OCH3 is 1. The number of aliphatic hydroxyl groups excluding tert-OH is 1. The number of rotatable bonds is 6. The Morgan fingerprint density at radius 2 is 2.18 bits per heavy atom. The van der Waals surface area contributed by atoms with Crippen molar-refractivity contribution in [2.75, 3.05) is 20.3 Å². The van der Waals surface area contributed by atoms with Gasteiger partial charge in [-0.1, -0.05) is 0 Å². The molecule has 0 bridgehead atoms. The quantitative estimate of drug-likeness (QED) is 0.888. The predicted octanol–water partition coefficient (Wildman–Crippen LogP) is 2.40. The largest absolute Gasteiger partial charge is 0.494 e. The van der Waals surface area contributed by atoms with Gasteiger partial charge in [0.1, 0.15) is 5.75 Å². The Labute approximate surface area is 134 Å². The van der Waals surface area contributed by atoms with Crippen LogP contribution in [0.4, 0.5) is 0 Å². The van der Waals surface area contributed by atoms with Crippen LogP contribution in [0, 0.1) is 13.8 Å². The van der Waals surface area contributed by atoms with Gasteiger partial charge in [-0.15, -0.1) is 11.3 Å². The van der Waals surface area contributed by atoms with Crippen molar-refractivity contribution >= 4 is 17.2 Å². The Balaban J connectivity index is 2.27. The van der Waals surface area contributed by atoms with Crippen LogP contribution in [0.25, 0.3) is 0 Å². The summed E-state index contributed by atoms with van der Waals surface area (Å²) in [5.41, 5.74) is 1.22. The van der Waals surface area contributed by atoms with Gasteiger partial charge < -0.3 is 14.7 Å². The zero-order valence-corrected chi connectivity index (χ0v) is 13.8. The summed E-state index contributed by atoms with van der Waals surface area (Å²) in [6, 6.07) is 5.75. The van der Waals surface area contributed by atoms with E-state index in [1.54, 1.807) is 28.5 Å². The van der Waals surface area contributed by atoms with Crippen LogP contribution in [0.3, 0.4) is 0 Å². The number of aromatic nitrogens is 1. The molecule has 0 saturated carbocycles. The molecular formula is C16H20N2O3S.